The highest BCUT2D eigenvalue weighted by atomic mass is 35.5. The van der Waals surface area contributed by atoms with Crippen LogP contribution in [0, 0.1) is 0 Å². The molecule has 3 aromatic carbocycles. The van der Waals surface area contributed by atoms with Crippen LogP contribution in [0.1, 0.15) is 16.1 Å². The first-order valence-corrected chi connectivity index (χ1v) is 9.83. The largest absolute Gasteiger partial charge is 0.489 e. The molecule has 0 fully saturated rings. The van der Waals surface area contributed by atoms with Gasteiger partial charge in [0, 0.05) is 10.6 Å². The molecule has 0 unspecified atom stereocenters. The second-order valence-electron chi connectivity index (χ2n) is 6.53. The Morgan fingerprint density at radius 1 is 0.967 bits per heavy atom. The van der Waals surface area contributed by atoms with Crippen molar-refractivity contribution in [1.82, 2.24) is 9.78 Å². The highest BCUT2D eigenvalue weighted by Gasteiger charge is 2.18. The zero-order valence-electron chi connectivity index (χ0n) is 15.6. The fraction of sp³-hybridized carbons (Fsp3) is 0.0435. The summed E-state index contributed by atoms with van der Waals surface area (Å²) in [5.74, 6) is -0.417. The van der Waals surface area contributed by atoms with Crippen molar-refractivity contribution in [1.29, 1.82) is 0 Å². The van der Waals surface area contributed by atoms with Crippen LogP contribution < -0.4 is 4.74 Å². The van der Waals surface area contributed by atoms with Gasteiger partial charge in [0.15, 0.2) is 5.69 Å². The topological polar surface area (TPSA) is 64.3 Å². The van der Waals surface area contributed by atoms with E-state index in [1.807, 2.05) is 54.6 Å². The van der Waals surface area contributed by atoms with Crippen molar-refractivity contribution in [2.45, 2.75) is 6.61 Å². The molecule has 0 atom stereocenters. The van der Waals surface area contributed by atoms with Crippen molar-refractivity contribution < 1.29 is 14.6 Å². The van der Waals surface area contributed by atoms with Gasteiger partial charge in [0.2, 0.25) is 0 Å². The lowest BCUT2D eigenvalue weighted by molar-refractivity contribution is 0.0690. The molecule has 0 aliphatic heterocycles. The Bertz CT molecular complexity index is 1190. The van der Waals surface area contributed by atoms with E-state index in [1.54, 1.807) is 18.2 Å². The summed E-state index contributed by atoms with van der Waals surface area (Å²) >= 11 is 12.3. The molecule has 7 heteroatoms. The number of nitrogens with zero attached hydrogens (tertiary/aromatic N) is 2. The number of benzene rings is 3. The molecular formula is C23H16Cl2N2O3. The predicted octanol–water partition coefficient (Wildman–Crippen LogP) is 6.12. The standard InChI is InChI=1S/C23H16Cl2N2O3/c24-17-8-11-21(19(25)12-17)27-22(13-20(26-27)23(28)29)16-6-9-18(10-7-16)30-14-15-4-2-1-3-5-15/h1-13H,14H2,(H,28,29). The number of carbonyl (C=O) groups is 1. The second kappa shape index (κ2) is 8.61. The number of hydrogen-bond donors (Lipinski definition) is 1. The minimum atomic E-state index is -1.12. The van der Waals surface area contributed by atoms with E-state index >= 15 is 0 Å². The van der Waals surface area contributed by atoms with Crippen molar-refractivity contribution in [3.8, 4) is 22.7 Å². The summed E-state index contributed by atoms with van der Waals surface area (Å²) < 4.78 is 7.32. The van der Waals surface area contributed by atoms with Gasteiger partial charge in [-0.1, -0.05) is 53.5 Å². The number of aromatic carboxylic acids is 1. The summed E-state index contributed by atoms with van der Waals surface area (Å²) in [5.41, 5.74) is 2.89. The Morgan fingerprint density at radius 3 is 2.37 bits per heavy atom. The number of halogens is 2. The molecule has 30 heavy (non-hydrogen) atoms. The Kier molecular flexibility index (Phi) is 5.74. The van der Waals surface area contributed by atoms with Crippen LogP contribution in [-0.4, -0.2) is 20.9 Å². The van der Waals surface area contributed by atoms with Crippen LogP contribution in [-0.2, 0) is 6.61 Å². The predicted molar refractivity (Wildman–Crippen MR) is 117 cm³/mol. The molecule has 1 aromatic heterocycles. The summed E-state index contributed by atoms with van der Waals surface area (Å²) in [5, 5.41) is 14.5. The maximum atomic E-state index is 11.5. The van der Waals surface area contributed by atoms with E-state index in [2.05, 4.69) is 5.10 Å². The fourth-order valence-electron chi connectivity index (χ4n) is 2.99. The minimum absolute atomic E-state index is 0.0829. The van der Waals surface area contributed by atoms with Gasteiger partial charge in [-0.25, -0.2) is 9.48 Å². The average molecular weight is 439 g/mol. The monoisotopic (exact) mass is 438 g/mol. The highest BCUT2D eigenvalue weighted by Crippen LogP contribution is 2.30. The zero-order valence-corrected chi connectivity index (χ0v) is 17.1. The SMILES string of the molecule is O=C(O)c1cc(-c2ccc(OCc3ccccc3)cc2)n(-c2ccc(Cl)cc2Cl)n1. The van der Waals surface area contributed by atoms with Gasteiger partial charge in [-0.15, -0.1) is 0 Å². The van der Waals surface area contributed by atoms with Crippen LogP contribution >= 0.6 is 23.2 Å². The third kappa shape index (κ3) is 4.32. The first-order chi connectivity index (χ1) is 14.5. The van der Waals surface area contributed by atoms with Crippen LogP contribution in [0.4, 0.5) is 0 Å². The molecule has 0 bridgehead atoms. The minimum Gasteiger partial charge on any atom is -0.489 e. The molecule has 0 radical (unpaired) electrons. The van der Waals surface area contributed by atoms with Crippen molar-refractivity contribution in [2.24, 2.45) is 0 Å². The average Bonchev–Trinajstić information content (AvgIpc) is 3.19. The van der Waals surface area contributed by atoms with Gasteiger partial charge < -0.3 is 9.84 Å². The first-order valence-electron chi connectivity index (χ1n) is 9.07. The molecular weight excluding hydrogens is 423 g/mol. The third-order valence-corrected chi connectivity index (χ3v) is 5.00. The molecule has 1 N–H and O–H groups in total. The summed E-state index contributed by atoms with van der Waals surface area (Å²) in [6, 6.07) is 23.7. The molecule has 150 valence electrons. The third-order valence-electron chi connectivity index (χ3n) is 4.46. The van der Waals surface area contributed by atoms with Crippen LogP contribution in [0.3, 0.4) is 0 Å². The van der Waals surface area contributed by atoms with E-state index < -0.39 is 5.97 Å². The number of aromatic nitrogens is 2. The van der Waals surface area contributed by atoms with Crippen LogP contribution in [0.25, 0.3) is 16.9 Å². The molecule has 0 saturated carbocycles. The van der Waals surface area contributed by atoms with Gasteiger partial charge in [-0.3, -0.25) is 0 Å². The lowest BCUT2D eigenvalue weighted by atomic mass is 10.1. The van der Waals surface area contributed by atoms with Crippen LogP contribution in [0.15, 0.2) is 78.9 Å². The highest BCUT2D eigenvalue weighted by molar-refractivity contribution is 6.35. The molecule has 4 aromatic rings. The van der Waals surface area contributed by atoms with Gasteiger partial charge in [-0.2, -0.15) is 5.10 Å². The zero-order chi connectivity index (χ0) is 21.1. The lowest BCUT2D eigenvalue weighted by Crippen LogP contribution is -2.03. The van der Waals surface area contributed by atoms with Gasteiger partial charge >= 0.3 is 5.97 Å². The first kappa shape index (κ1) is 20.0. The number of hydrogen-bond acceptors (Lipinski definition) is 3. The molecule has 0 aliphatic rings. The van der Waals surface area contributed by atoms with Crippen molar-refractivity contribution in [2.75, 3.05) is 0 Å². The smallest absolute Gasteiger partial charge is 0.356 e. The normalized spacial score (nSPS) is 10.7. The summed E-state index contributed by atoms with van der Waals surface area (Å²) in [4.78, 5) is 11.5. The summed E-state index contributed by atoms with van der Waals surface area (Å²) in [6.45, 7) is 0.460. The molecule has 5 nitrogen and oxygen atoms in total. The van der Waals surface area contributed by atoms with Crippen LogP contribution in [0.2, 0.25) is 10.0 Å². The van der Waals surface area contributed by atoms with Gasteiger partial charge in [0.25, 0.3) is 0 Å². The van der Waals surface area contributed by atoms with E-state index in [4.69, 9.17) is 27.9 Å². The maximum Gasteiger partial charge on any atom is 0.356 e. The quantitative estimate of drug-likeness (QED) is 0.393. The van der Waals surface area contributed by atoms with Crippen molar-refractivity contribution in [3.63, 3.8) is 0 Å². The van der Waals surface area contributed by atoms with Crippen molar-refractivity contribution in [3.05, 3.63) is 100 Å². The van der Waals surface area contributed by atoms with Gasteiger partial charge in [0.05, 0.1) is 16.4 Å². The molecule has 0 saturated heterocycles. The number of ether oxygens (including phenoxy) is 1. The Labute approximate surface area is 183 Å². The van der Waals surface area contributed by atoms with E-state index in [-0.39, 0.29) is 5.69 Å². The lowest BCUT2D eigenvalue weighted by Gasteiger charge is -2.11. The van der Waals surface area contributed by atoms with Gasteiger partial charge in [-0.05, 0) is 54.1 Å². The second-order valence-corrected chi connectivity index (χ2v) is 7.37. The molecule has 4 rings (SSSR count). The molecule has 0 amide bonds. The van der Waals surface area contributed by atoms with Crippen LogP contribution in [0.5, 0.6) is 5.75 Å². The number of carboxylic acid groups (broad SMARTS) is 1. The fourth-order valence-corrected chi connectivity index (χ4v) is 3.48. The number of carboxylic acids is 1. The molecule has 1 heterocycles. The maximum absolute atomic E-state index is 11.5. The van der Waals surface area contributed by atoms with E-state index in [0.29, 0.717) is 33.8 Å². The van der Waals surface area contributed by atoms with E-state index in [9.17, 15) is 9.90 Å². The Morgan fingerprint density at radius 2 is 1.70 bits per heavy atom. The Balaban J connectivity index is 1.65. The molecule has 0 spiro atoms. The van der Waals surface area contributed by atoms with E-state index in [0.717, 1.165) is 11.1 Å². The van der Waals surface area contributed by atoms with E-state index in [1.165, 1.54) is 10.7 Å². The molecule has 0 aliphatic carbocycles. The Hall–Kier alpha value is -3.28. The summed E-state index contributed by atoms with van der Waals surface area (Å²) in [7, 11) is 0. The number of rotatable bonds is 6. The summed E-state index contributed by atoms with van der Waals surface area (Å²) in [6.07, 6.45) is 0. The van der Waals surface area contributed by atoms with Gasteiger partial charge in [0.1, 0.15) is 12.4 Å². The van der Waals surface area contributed by atoms with Crippen molar-refractivity contribution >= 4 is 29.2 Å².